The van der Waals surface area contributed by atoms with Crippen molar-refractivity contribution in [3.05, 3.63) is 35.4 Å². The maximum atomic E-state index is 10.6. The average molecular weight is 280 g/mol. The molecule has 0 saturated carbocycles. The predicted octanol–water partition coefficient (Wildman–Crippen LogP) is 3.83. The summed E-state index contributed by atoms with van der Waals surface area (Å²) in [5.74, 6) is 1.87. The number of carboxylic acids is 1. The zero-order valence-electron chi connectivity index (χ0n) is 11.4. The molecule has 1 aromatic carbocycles. The summed E-state index contributed by atoms with van der Waals surface area (Å²) in [6.07, 6.45) is 5.20. The van der Waals surface area contributed by atoms with E-state index in [0.717, 1.165) is 28.4 Å². The van der Waals surface area contributed by atoms with Crippen molar-refractivity contribution in [3.63, 3.8) is 0 Å². The molecule has 0 bridgehead atoms. The van der Waals surface area contributed by atoms with E-state index in [9.17, 15) is 4.79 Å². The Hall–Kier alpha value is -1.42. The van der Waals surface area contributed by atoms with Gasteiger partial charge in [-0.05, 0) is 41.5 Å². The Morgan fingerprint density at radius 1 is 1.47 bits per heavy atom. The Kier molecular flexibility index (Phi) is 7.11. The Morgan fingerprint density at radius 3 is 2.89 bits per heavy atom. The van der Waals surface area contributed by atoms with Crippen LogP contribution in [0.25, 0.3) is 6.08 Å². The van der Waals surface area contributed by atoms with E-state index in [1.807, 2.05) is 30.0 Å². The molecular weight excluding hydrogens is 260 g/mol. The van der Waals surface area contributed by atoms with E-state index in [1.54, 1.807) is 13.2 Å². The molecule has 0 atom stereocenters. The zero-order valence-corrected chi connectivity index (χ0v) is 12.2. The van der Waals surface area contributed by atoms with Crippen molar-refractivity contribution in [2.24, 2.45) is 0 Å². The molecule has 0 aliphatic rings. The van der Waals surface area contributed by atoms with E-state index in [0.29, 0.717) is 0 Å². The summed E-state index contributed by atoms with van der Waals surface area (Å²) in [5, 5.41) is 8.70. The molecule has 0 radical (unpaired) electrons. The SMILES string of the molecule is CCCCSCc1cc(OC)ccc1C=CC(=O)O. The number of hydrogen-bond acceptors (Lipinski definition) is 3. The van der Waals surface area contributed by atoms with Crippen LogP contribution in [0.1, 0.15) is 30.9 Å². The van der Waals surface area contributed by atoms with E-state index in [2.05, 4.69) is 6.92 Å². The lowest BCUT2D eigenvalue weighted by Crippen LogP contribution is -1.92. The summed E-state index contributed by atoms with van der Waals surface area (Å²) >= 11 is 1.86. The van der Waals surface area contributed by atoms with Crippen molar-refractivity contribution in [2.45, 2.75) is 25.5 Å². The van der Waals surface area contributed by atoms with Crippen LogP contribution in [0.3, 0.4) is 0 Å². The van der Waals surface area contributed by atoms with Crippen LogP contribution in [0.5, 0.6) is 5.75 Å². The van der Waals surface area contributed by atoms with E-state index in [1.165, 1.54) is 18.9 Å². The number of thioether (sulfide) groups is 1. The highest BCUT2D eigenvalue weighted by Crippen LogP contribution is 2.23. The summed E-state index contributed by atoms with van der Waals surface area (Å²) in [5.41, 5.74) is 2.05. The molecule has 1 rings (SSSR count). The molecule has 104 valence electrons. The molecule has 0 saturated heterocycles. The predicted molar refractivity (Wildman–Crippen MR) is 80.7 cm³/mol. The van der Waals surface area contributed by atoms with Crippen LogP contribution in [0, 0.1) is 0 Å². The highest BCUT2D eigenvalue weighted by Gasteiger charge is 2.03. The fourth-order valence-corrected chi connectivity index (χ4v) is 2.69. The Balaban J connectivity index is 2.80. The number of rotatable bonds is 8. The van der Waals surface area contributed by atoms with Crippen LogP contribution in [0.15, 0.2) is 24.3 Å². The third-order valence-electron chi connectivity index (χ3n) is 2.66. The van der Waals surface area contributed by atoms with Crippen LogP contribution in [0.4, 0.5) is 0 Å². The van der Waals surface area contributed by atoms with E-state index in [4.69, 9.17) is 9.84 Å². The average Bonchev–Trinajstić information content (AvgIpc) is 2.41. The lowest BCUT2D eigenvalue weighted by Gasteiger charge is -2.08. The molecule has 0 spiro atoms. The van der Waals surface area contributed by atoms with Gasteiger partial charge >= 0.3 is 5.97 Å². The van der Waals surface area contributed by atoms with Gasteiger partial charge in [0.2, 0.25) is 0 Å². The zero-order chi connectivity index (χ0) is 14.1. The molecule has 0 amide bonds. The Bertz CT molecular complexity index is 441. The monoisotopic (exact) mass is 280 g/mol. The van der Waals surface area contributed by atoms with Gasteiger partial charge in [-0.1, -0.05) is 19.4 Å². The summed E-state index contributed by atoms with van der Waals surface area (Å²) in [6.45, 7) is 2.17. The van der Waals surface area contributed by atoms with Crippen LogP contribution >= 0.6 is 11.8 Å². The third kappa shape index (κ3) is 5.83. The first kappa shape index (κ1) is 15.6. The molecule has 4 heteroatoms. The van der Waals surface area contributed by atoms with Crippen molar-refractivity contribution in [1.82, 2.24) is 0 Å². The van der Waals surface area contributed by atoms with Gasteiger partial charge in [0.05, 0.1) is 7.11 Å². The van der Waals surface area contributed by atoms with Gasteiger partial charge in [-0.15, -0.1) is 0 Å². The second-order valence-corrected chi connectivity index (χ2v) is 5.25. The second kappa shape index (κ2) is 8.64. The molecule has 1 N–H and O–H groups in total. The van der Waals surface area contributed by atoms with Crippen molar-refractivity contribution in [3.8, 4) is 5.75 Å². The summed E-state index contributed by atoms with van der Waals surface area (Å²) < 4.78 is 5.21. The number of hydrogen-bond donors (Lipinski definition) is 1. The van der Waals surface area contributed by atoms with Crippen LogP contribution in [0.2, 0.25) is 0 Å². The maximum Gasteiger partial charge on any atom is 0.328 e. The highest BCUT2D eigenvalue weighted by molar-refractivity contribution is 7.98. The number of methoxy groups -OCH3 is 1. The van der Waals surface area contributed by atoms with Gasteiger partial charge in [0.1, 0.15) is 5.75 Å². The smallest absolute Gasteiger partial charge is 0.328 e. The summed E-state index contributed by atoms with van der Waals surface area (Å²) in [6, 6.07) is 5.72. The molecule has 0 aromatic heterocycles. The molecule has 0 aliphatic carbocycles. The first-order chi connectivity index (χ1) is 9.17. The number of benzene rings is 1. The highest BCUT2D eigenvalue weighted by atomic mass is 32.2. The van der Waals surface area contributed by atoms with E-state index < -0.39 is 5.97 Å². The third-order valence-corrected chi connectivity index (χ3v) is 3.75. The molecule has 3 nitrogen and oxygen atoms in total. The van der Waals surface area contributed by atoms with Crippen LogP contribution in [-0.4, -0.2) is 23.9 Å². The van der Waals surface area contributed by atoms with Gasteiger partial charge in [-0.3, -0.25) is 0 Å². The number of aliphatic carboxylic acids is 1. The number of carboxylic acid groups (broad SMARTS) is 1. The standard InChI is InChI=1S/C15H20O3S/c1-3-4-9-19-11-13-10-14(18-2)7-5-12(13)6-8-15(16)17/h5-8,10H,3-4,9,11H2,1-2H3,(H,16,17). The fraction of sp³-hybridized carbons (Fsp3) is 0.400. The van der Waals surface area contributed by atoms with Crippen molar-refractivity contribution in [1.29, 1.82) is 0 Å². The van der Waals surface area contributed by atoms with Gasteiger partial charge in [0, 0.05) is 11.8 Å². The lowest BCUT2D eigenvalue weighted by molar-refractivity contribution is -0.131. The number of ether oxygens (including phenoxy) is 1. The first-order valence-electron chi connectivity index (χ1n) is 6.33. The molecule has 0 fully saturated rings. The van der Waals surface area contributed by atoms with Crippen molar-refractivity contribution < 1.29 is 14.6 Å². The molecular formula is C15H20O3S. The largest absolute Gasteiger partial charge is 0.497 e. The van der Waals surface area contributed by atoms with Gasteiger partial charge in [-0.2, -0.15) is 11.8 Å². The molecule has 0 unspecified atom stereocenters. The minimum atomic E-state index is -0.930. The van der Waals surface area contributed by atoms with Crippen molar-refractivity contribution >= 4 is 23.8 Å². The van der Waals surface area contributed by atoms with Gasteiger partial charge in [0.25, 0.3) is 0 Å². The maximum absolute atomic E-state index is 10.6. The minimum Gasteiger partial charge on any atom is -0.497 e. The fourth-order valence-electron chi connectivity index (χ4n) is 1.59. The van der Waals surface area contributed by atoms with Gasteiger partial charge in [0.15, 0.2) is 0 Å². The van der Waals surface area contributed by atoms with E-state index in [-0.39, 0.29) is 0 Å². The van der Waals surface area contributed by atoms with E-state index >= 15 is 0 Å². The van der Waals surface area contributed by atoms with Gasteiger partial charge < -0.3 is 9.84 Å². The lowest BCUT2D eigenvalue weighted by atomic mass is 10.1. The van der Waals surface area contributed by atoms with Crippen molar-refractivity contribution in [2.75, 3.05) is 12.9 Å². The quantitative estimate of drug-likeness (QED) is 0.581. The molecule has 0 aliphatic heterocycles. The summed E-state index contributed by atoms with van der Waals surface area (Å²) in [7, 11) is 1.64. The topological polar surface area (TPSA) is 46.5 Å². The number of unbranched alkanes of at least 4 members (excludes halogenated alkanes) is 1. The summed E-state index contributed by atoms with van der Waals surface area (Å²) in [4.78, 5) is 10.6. The Labute approximate surface area is 118 Å². The van der Waals surface area contributed by atoms with Crippen LogP contribution in [-0.2, 0) is 10.5 Å². The molecule has 0 heterocycles. The van der Waals surface area contributed by atoms with Crippen LogP contribution < -0.4 is 4.74 Å². The number of carbonyl (C=O) groups is 1. The minimum absolute atomic E-state index is 0.804. The second-order valence-electron chi connectivity index (χ2n) is 4.14. The normalized spacial score (nSPS) is 10.8. The first-order valence-corrected chi connectivity index (χ1v) is 7.48. The molecule has 19 heavy (non-hydrogen) atoms. The Morgan fingerprint density at radius 2 is 2.26 bits per heavy atom. The van der Waals surface area contributed by atoms with Gasteiger partial charge in [-0.25, -0.2) is 4.79 Å². The molecule has 1 aromatic rings.